The van der Waals surface area contributed by atoms with Crippen LogP contribution in [0.5, 0.6) is 0 Å². The normalized spacial score (nSPS) is 18.4. The van der Waals surface area contributed by atoms with E-state index in [4.69, 9.17) is 5.11 Å². The van der Waals surface area contributed by atoms with Crippen LogP contribution in [-0.2, 0) is 22.0 Å². The highest BCUT2D eigenvalue weighted by molar-refractivity contribution is 7.85. The van der Waals surface area contributed by atoms with E-state index >= 15 is 0 Å². The van der Waals surface area contributed by atoms with Crippen LogP contribution in [-0.4, -0.2) is 20.5 Å². The molecule has 1 unspecified atom stereocenters. The summed E-state index contributed by atoms with van der Waals surface area (Å²) in [6.07, 6.45) is 5.72. The molecule has 0 aliphatic heterocycles. The lowest BCUT2D eigenvalue weighted by molar-refractivity contribution is -0.136. The zero-order valence-corrected chi connectivity index (χ0v) is 11.1. The number of hydrogen-bond donors (Lipinski definition) is 1. The van der Waals surface area contributed by atoms with E-state index in [1.165, 1.54) is 19.3 Å². The second-order valence-electron chi connectivity index (χ2n) is 4.77. The minimum absolute atomic E-state index is 0.0242. The summed E-state index contributed by atoms with van der Waals surface area (Å²) in [6, 6.07) is 7.15. The van der Waals surface area contributed by atoms with E-state index in [0.717, 1.165) is 23.3 Å². The van der Waals surface area contributed by atoms with E-state index in [-0.39, 0.29) is 11.7 Å². The van der Waals surface area contributed by atoms with Gasteiger partial charge in [0.1, 0.15) is 0 Å². The topological polar surface area (TPSA) is 54.4 Å². The third-order valence-electron chi connectivity index (χ3n) is 3.37. The zero-order valence-electron chi connectivity index (χ0n) is 10.3. The van der Waals surface area contributed by atoms with E-state index in [1.807, 2.05) is 12.1 Å². The summed E-state index contributed by atoms with van der Waals surface area (Å²) >= 11 is 0. The smallest absolute Gasteiger partial charge is 0.307 e. The Labute approximate surface area is 110 Å². The summed E-state index contributed by atoms with van der Waals surface area (Å²) in [5.74, 6) is -0.837. The Balaban J connectivity index is 2.04. The van der Waals surface area contributed by atoms with Crippen molar-refractivity contribution in [2.75, 3.05) is 0 Å². The summed E-state index contributed by atoms with van der Waals surface area (Å²) < 4.78 is 12.3. The number of rotatable bonds is 4. The molecule has 0 heterocycles. The molecule has 3 nitrogen and oxygen atoms in total. The number of aliphatic carboxylic acids is 1. The Morgan fingerprint density at radius 2 is 1.78 bits per heavy atom. The molecule has 2 rings (SSSR count). The van der Waals surface area contributed by atoms with E-state index in [1.54, 1.807) is 12.1 Å². The van der Waals surface area contributed by atoms with Crippen LogP contribution in [0.3, 0.4) is 0 Å². The van der Waals surface area contributed by atoms with Crippen molar-refractivity contribution in [1.82, 2.24) is 0 Å². The lowest BCUT2D eigenvalue weighted by Gasteiger charge is -2.20. The summed E-state index contributed by atoms with van der Waals surface area (Å²) in [6.45, 7) is 0. The molecule has 0 radical (unpaired) electrons. The highest BCUT2D eigenvalue weighted by Crippen LogP contribution is 2.25. The molecule has 1 aliphatic carbocycles. The maximum Gasteiger partial charge on any atom is 0.307 e. The van der Waals surface area contributed by atoms with Crippen molar-refractivity contribution in [3.8, 4) is 0 Å². The number of benzene rings is 1. The fourth-order valence-electron chi connectivity index (χ4n) is 2.39. The quantitative estimate of drug-likeness (QED) is 0.911. The van der Waals surface area contributed by atoms with Crippen LogP contribution in [0, 0.1) is 0 Å². The van der Waals surface area contributed by atoms with Gasteiger partial charge < -0.3 is 5.11 Å². The van der Waals surface area contributed by atoms with Gasteiger partial charge >= 0.3 is 5.97 Å². The molecule has 0 spiro atoms. The molecular formula is C14H18O3S. The van der Waals surface area contributed by atoms with Crippen LogP contribution < -0.4 is 0 Å². The molecule has 1 saturated carbocycles. The van der Waals surface area contributed by atoms with Gasteiger partial charge in [0.15, 0.2) is 0 Å². The molecule has 18 heavy (non-hydrogen) atoms. The van der Waals surface area contributed by atoms with E-state index in [0.29, 0.717) is 0 Å². The largest absolute Gasteiger partial charge is 0.481 e. The van der Waals surface area contributed by atoms with Crippen molar-refractivity contribution in [3.05, 3.63) is 29.8 Å². The Kier molecular flexibility index (Phi) is 4.53. The summed E-state index contributed by atoms with van der Waals surface area (Å²) in [5, 5.41) is 8.97. The summed E-state index contributed by atoms with van der Waals surface area (Å²) in [5.41, 5.74) is 0.756. The van der Waals surface area contributed by atoms with Gasteiger partial charge in [-0.3, -0.25) is 9.00 Å². The molecule has 4 heteroatoms. The number of carboxylic acids is 1. The SMILES string of the molecule is O=C(O)Cc1ccc(S(=O)C2CCCCC2)cc1. The monoisotopic (exact) mass is 266 g/mol. The van der Waals surface area contributed by atoms with Crippen LogP contribution in [0.1, 0.15) is 37.7 Å². The van der Waals surface area contributed by atoms with Crippen molar-refractivity contribution >= 4 is 16.8 Å². The molecule has 0 saturated heterocycles. The predicted molar refractivity (Wildman–Crippen MR) is 71.1 cm³/mol. The Hall–Kier alpha value is -1.16. The Morgan fingerprint density at radius 1 is 1.17 bits per heavy atom. The molecule has 0 aromatic heterocycles. The van der Waals surface area contributed by atoms with Crippen LogP contribution in [0.15, 0.2) is 29.2 Å². The average Bonchev–Trinajstić information content (AvgIpc) is 2.39. The molecule has 1 atom stereocenters. The molecule has 1 aromatic rings. The number of carbonyl (C=O) groups is 1. The maximum atomic E-state index is 12.3. The minimum atomic E-state index is -0.938. The second kappa shape index (κ2) is 6.14. The first-order valence-corrected chi connectivity index (χ1v) is 7.59. The van der Waals surface area contributed by atoms with Gasteiger partial charge in [-0.25, -0.2) is 0 Å². The third-order valence-corrected chi connectivity index (χ3v) is 5.18. The van der Waals surface area contributed by atoms with Crippen molar-refractivity contribution in [1.29, 1.82) is 0 Å². The minimum Gasteiger partial charge on any atom is -0.481 e. The Bertz CT molecular complexity index is 433. The fraction of sp³-hybridized carbons (Fsp3) is 0.500. The third kappa shape index (κ3) is 3.42. The first-order valence-electron chi connectivity index (χ1n) is 6.38. The molecule has 0 bridgehead atoms. The first-order chi connectivity index (χ1) is 8.66. The van der Waals surface area contributed by atoms with Crippen molar-refractivity contribution in [2.45, 2.75) is 48.7 Å². The van der Waals surface area contributed by atoms with Crippen LogP contribution >= 0.6 is 0 Å². The molecular weight excluding hydrogens is 248 g/mol. The van der Waals surface area contributed by atoms with Crippen molar-refractivity contribution in [2.24, 2.45) is 0 Å². The lowest BCUT2D eigenvalue weighted by Crippen LogP contribution is -2.18. The van der Waals surface area contributed by atoms with Crippen molar-refractivity contribution < 1.29 is 14.1 Å². The van der Waals surface area contributed by atoms with Crippen molar-refractivity contribution in [3.63, 3.8) is 0 Å². The van der Waals surface area contributed by atoms with Gasteiger partial charge in [0, 0.05) is 10.1 Å². The lowest BCUT2D eigenvalue weighted by atomic mass is 10.0. The van der Waals surface area contributed by atoms with Gasteiger partial charge in [0.25, 0.3) is 0 Å². The first kappa shape index (κ1) is 13.3. The van der Waals surface area contributed by atoms with Gasteiger partial charge in [-0.05, 0) is 30.5 Å². The Morgan fingerprint density at radius 3 is 2.33 bits per heavy atom. The maximum absolute atomic E-state index is 12.3. The van der Waals surface area contributed by atoms with E-state index in [9.17, 15) is 9.00 Å². The molecule has 1 aliphatic rings. The van der Waals surface area contributed by atoms with Gasteiger partial charge in [-0.1, -0.05) is 31.4 Å². The van der Waals surface area contributed by atoms with Crippen LogP contribution in [0.2, 0.25) is 0 Å². The summed E-state index contributed by atoms with van der Waals surface area (Å²) in [4.78, 5) is 11.4. The van der Waals surface area contributed by atoms with Crippen LogP contribution in [0.4, 0.5) is 0 Å². The average molecular weight is 266 g/mol. The standard InChI is InChI=1S/C14H18O3S/c15-14(16)10-11-6-8-13(9-7-11)18(17)12-4-2-1-3-5-12/h6-9,12H,1-5,10H2,(H,15,16). The molecule has 1 aromatic carbocycles. The van der Waals surface area contributed by atoms with Gasteiger partial charge in [0.2, 0.25) is 0 Å². The van der Waals surface area contributed by atoms with Gasteiger partial charge in [0.05, 0.1) is 17.2 Å². The van der Waals surface area contributed by atoms with Gasteiger partial charge in [-0.15, -0.1) is 0 Å². The van der Waals surface area contributed by atoms with Crippen LogP contribution in [0.25, 0.3) is 0 Å². The van der Waals surface area contributed by atoms with E-state index < -0.39 is 16.8 Å². The molecule has 98 valence electrons. The molecule has 1 fully saturated rings. The fourth-order valence-corrected chi connectivity index (χ4v) is 3.94. The molecule has 0 amide bonds. The highest BCUT2D eigenvalue weighted by atomic mass is 32.2. The predicted octanol–water partition coefficient (Wildman–Crippen LogP) is 2.75. The molecule has 1 N–H and O–H groups in total. The van der Waals surface area contributed by atoms with E-state index in [2.05, 4.69) is 0 Å². The zero-order chi connectivity index (χ0) is 13.0. The summed E-state index contributed by atoms with van der Waals surface area (Å²) in [7, 11) is -0.938. The van der Waals surface area contributed by atoms with Gasteiger partial charge in [-0.2, -0.15) is 0 Å². The second-order valence-corrected chi connectivity index (χ2v) is 6.50. The number of carboxylic acid groups (broad SMARTS) is 1. The highest BCUT2D eigenvalue weighted by Gasteiger charge is 2.20. The number of hydrogen-bond acceptors (Lipinski definition) is 2.